The Morgan fingerprint density at radius 2 is 1.94 bits per heavy atom. The molecule has 1 fully saturated rings. The van der Waals surface area contributed by atoms with Gasteiger partial charge in [0.15, 0.2) is 0 Å². The van der Waals surface area contributed by atoms with Crippen molar-refractivity contribution in [2.75, 3.05) is 38.2 Å². The van der Waals surface area contributed by atoms with Crippen molar-refractivity contribution in [3.63, 3.8) is 0 Å². The van der Waals surface area contributed by atoms with E-state index in [-0.39, 0.29) is 5.91 Å². The van der Waals surface area contributed by atoms with Gasteiger partial charge in [0.2, 0.25) is 5.91 Å². The Bertz CT molecular complexity index is 1280. The van der Waals surface area contributed by atoms with Crippen LogP contribution in [0.5, 0.6) is 0 Å². The van der Waals surface area contributed by atoms with Gasteiger partial charge in [-0.25, -0.2) is 4.98 Å². The fourth-order valence-corrected chi connectivity index (χ4v) is 3.98. The van der Waals surface area contributed by atoms with E-state index in [2.05, 4.69) is 31.2 Å². The van der Waals surface area contributed by atoms with E-state index >= 15 is 0 Å². The lowest BCUT2D eigenvalue weighted by atomic mass is 10.0. The molecular weight excluding hydrogens is 414 g/mol. The third kappa shape index (κ3) is 5.00. The molecule has 0 unspecified atom stereocenters. The van der Waals surface area contributed by atoms with E-state index in [0.29, 0.717) is 0 Å². The Hall–Kier alpha value is -3.81. The number of H-pyrrole nitrogens is 1. The number of morpholine rings is 1. The highest BCUT2D eigenvalue weighted by atomic mass is 16.5. The number of hydrogen-bond donors (Lipinski definition) is 2. The van der Waals surface area contributed by atoms with Crippen LogP contribution in [0.4, 0.5) is 5.69 Å². The first kappa shape index (κ1) is 21.1. The van der Waals surface area contributed by atoms with Crippen LogP contribution >= 0.6 is 0 Å². The van der Waals surface area contributed by atoms with Crippen LogP contribution < -0.4 is 5.32 Å². The maximum atomic E-state index is 12.4. The number of aromatic amines is 1. The highest BCUT2D eigenvalue weighted by molar-refractivity contribution is 6.00. The first-order valence-corrected chi connectivity index (χ1v) is 11.0. The van der Waals surface area contributed by atoms with E-state index in [1.165, 1.54) is 0 Å². The molecule has 2 N–H and O–H groups in total. The van der Waals surface area contributed by atoms with E-state index in [1.807, 2.05) is 54.9 Å². The molecule has 1 saturated heterocycles. The largest absolute Gasteiger partial charge is 0.379 e. The van der Waals surface area contributed by atoms with Gasteiger partial charge < -0.3 is 15.0 Å². The third-order valence-corrected chi connectivity index (χ3v) is 5.72. The number of anilines is 1. The number of nitrogens with zero attached hydrogens (tertiary/aromatic N) is 3. The Morgan fingerprint density at radius 1 is 1.09 bits per heavy atom. The predicted molar refractivity (Wildman–Crippen MR) is 130 cm³/mol. The number of ether oxygens (including phenoxy) is 1. The summed E-state index contributed by atoms with van der Waals surface area (Å²) in [6.45, 7) is 4.05. The molecule has 1 aliphatic rings. The van der Waals surface area contributed by atoms with Gasteiger partial charge in [0.25, 0.3) is 0 Å². The quantitative estimate of drug-likeness (QED) is 0.442. The highest BCUT2D eigenvalue weighted by Gasteiger charge is 2.10. The molecule has 4 heterocycles. The zero-order chi connectivity index (χ0) is 22.5. The topological polar surface area (TPSA) is 83.1 Å². The predicted octanol–water partition coefficient (Wildman–Crippen LogP) is 4.12. The van der Waals surface area contributed by atoms with Crippen LogP contribution in [0.3, 0.4) is 0 Å². The summed E-state index contributed by atoms with van der Waals surface area (Å²) in [6.07, 6.45) is 10.9. The average molecular weight is 440 g/mol. The lowest BCUT2D eigenvalue weighted by molar-refractivity contribution is -0.111. The van der Waals surface area contributed by atoms with Gasteiger partial charge in [0.05, 0.1) is 13.2 Å². The second-order valence-corrected chi connectivity index (χ2v) is 7.94. The van der Waals surface area contributed by atoms with Crippen molar-refractivity contribution >= 4 is 22.6 Å². The summed E-state index contributed by atoms with van der Waals surface area (Å²) in [5.41, 5.74) is 5.71. The first-order chi connectivity index (χ1) is 16.3. The third-order valence-electron chi connectivity index (χ3n) is 5.72. The maximum Gasteiger partial charge on any atom is 0.248 e. The molecule has 5 rings (SSSR count). The lowest BCUT2D eigenvalue weighted by Crippen LogP contribution is -2.36. The Morgan fingerprint density at radius 3 is 2.79 bits per heavy atom. The number of nitrogens with one attached hydrogen (secondary N) is 2. The minimum atomic E-state index is -0.139. The summed E-state index contributed by atoms with van der Waals surface area (Å²) < 4.78 is 5.35. The number of carbonyl (C=O) groups is 1. The normalized spacial score (nSPS) is 14.7. The number of amides is 1. The molecule has 1 aliphatic heterocycles. The van der Waals surface area contributed by atoms with Crippen LogP contribution in [0.25, 0.3) is 33.3 Å². The van der Waals surface area contributed by atoms with E-state index in [1.54, 1.807) is 18.5 Å². The number of rotatable bonds is 6. The summed E-state index contributed by atoms with van der Waals surface area (Å²) in [5, 5.41) is 4.00. The SMILES string of the molecule is O=C(C=CCN1CCOCC1)Nc1cccc(-c2cnc3[nH]cc(-c4ccncc4)c3c2)c1. The molecule has 3 aromatic heterocycles. The van der Waals surface area contributed by atoms with Crippen LogP contribution in [-0.2, 0) is 9.53 Å². The number of aromatic nitrogens is 3. The highest BCUT2D eigenvalue weighted by Crippen LogP contribution is 2.31. The Balaban J connectivity index is 1.32. The molecule has 4 aromatic rings. The van der Waals surface area contributed by atoms with Crippen molar-refractivity contribution in [3.05, 3.63) is 79.4 Å². The van der Waals surface area contributed by atoms with Gasteiger partial charge in [-0.2, -0.15) is 0 Å². The molecule has 0 aliphatic carbocycles. The Kier molecular flexibility index (Phi) is 6.23. The summed E-state index contributed by atoms with van der Waals surface area (Å²) in [4.78, 5) is 26.6. The molecule has 1 aromatic carbocycles. The van der Waals surface area contributed by atoms with Crippen LogP contribution in [0.1, 0.15) is 0 Å². The van der Waals surface area contributed by atoms with E-state index in [4.69, 9.17) is 4.74 Å². The molecule has 7 nitrogen and oxygen atoms in total. The van der Waals surface area contributed by atoms with E-state index in [9.17, 15) is 4.79 Å². The minimum absolute atomic E-state index is 0.139. The zero-order valence-electron chi connectivity index (χ0n) is 18.2. The van der Waals surface area contributed by atoms with Crippen LogP contribution in [0.2, 0.25) is 0 Å². The second-order valence-electron chi connectivity index (χ2n) is 7.94. The van der Waals surface area contributed by atoms with E-state index < -0.39 is 0 Å². The maximum absolute atomic E-state index is 12.4. The van der Waals surface area contributed by atoms with Gasteiger partial charge in [0.1, 0.15) is 5.65 Å². The van der Waals surface area contributed by atoms with Crippen LogP contribution in [0.15, 0.2) is 79.4 Å². The molecule has 0 atom stereocenters. The lowest BCUT2D eigenvalue weighted by Gasteiger charge is -2.25. The Labute approximate surface area is 192 Å². The van der Waals surface area contributed by atoms with Gasteiger partial charge in [0, 0.05) is 72.7 Å². The van der Waals surface area contributed by atoms with Gasteiger partial charge in [-0.1, -0.05) is 18.2 Å². The number of fused-ring (bicyclic) bond motifs is 1. The van der Waals surface area contributed by atoms with Crippen molar-refractivity contribution in [1.29, 1.82) is 0 Å². The van der Waals surface area contributed by atoms with Gasteiger partial charge in [-0.05, 0) is 41.5 Å². The smallest absolute Gasteiger partial charge is 0.248 e. The number of benzene rings is 1. The van der Waals surface area contributed by atoms with Crippen molar-refractivity contribution in [2.24, 2.45) is 0 Å². The standard InChI is InChI=1S/C26H25N5O2/c32-25(5-2-10-31-11-13-33-14-12-31)30-22-4-1-3-20(15-22)21-16-23-24(18-29-26(23)28-17-21)19-6-8-27-9-7-19/h1-9,15-18H,10-14H2,(H,28,29)(H,30,32). The van der Waals surface area contributed by atoms with Gasteiger partial charge in [-0.3, -0.25) is 14.7 Å². The zero-order valence-corrected chi connectivity index (χ0v) is 18.2. The van der Waals surface area contributed by atoms with Crippen LogP contribution in [-0.4, -0.2) is 58.6 Å². The number of hydrogen-bond acceptors (Lipinski definition) is 5. The number of pyridine rings is 2. The molecule has 0 saturated carbocycles. The molecule has 7 heteroatoms. The average Bonchev–Trinajstić information content (AvgIpc) is 3.29. The monoisotopic (exact) mass is 439 g/mol. The van der Waals surface area contributed by atoms with Crippen LogP contribution in [0, 0.1) is 0 Å². The summed E-state index contributed by atoms with van der Waals surface area (Å²) in [5.74, 6) is -0.139. The molecule has 0 bridgehead atoms. The second kappa shape index (κ2) is 9.77. The molecule has 166 valence electrons. The minimum Gasteiger partial charge on any atom is -0.379 e. The molecule has 33 heavy (non-hydrogen) atoms. The van der Waals surface area contributed by atoms with Crippen molar-refractivity contribution in [1.82, 2.24) is 19.9 Å². The molecule has 0 radical (unpaired) electrons. The fourth-order valence-electron chi connectivity index (χ4n) is 3.98. The number of carbonyl (C=O) groups excluding carboxylic acids is 1. The fraction of sp³-hybridized carbons (Fsp3) is 0.192. The molecular formula is C26H25N5O2. The summed E-state index contributed by atoms with van der Waals surface area (Å²) >= 11 is 0. The van der Waals surface area contributed by atoms with Gasteiger partial charge in [-0.15, -0.1) is 0 Å². The van der Waals surface area contributed by atoms with Crippen molar-refractivity contribution in [2.45, 2.75) is 0 Å². The van der Waals surface area contributed by atoms with Crippen molar-refractivity contribution < 1.29 is 9.53 Å². The van der Waals surface area contributed by atoms with Gasteiger partial charge >= 0.3 is 0 Å². The first-order valence-electron chi connectivity index (χ1n) is 11.0. The summed E-state index contributed by atoms with van der Waals surface area (Å²) in [7, 11) is 0. The molecule has 1 amide bonds. The molecule has 0 spiro atoms. The van der Waals surface area contributed by atoms with E-state index in [0.717, 1.165) is 71.8 Å². The summed E-state index contributed by atoms with van der Waals surface area (Å²) in [6, 6.07) is 13.9. The van der Waals surface area contributed by atoms with Crippen molar-refractivity contribution in [3.8, 4) is 22.3 Å².